The van der Waals surface area contributed by atoms with Crippen LogP contribution < -0.4 is 0 Å². The molecule has 0 unspecified atom stereocenters. The number of carbonyl (C=O) groups excluding carboxylic acids is 1. The van der Waals surface area contributed by atoms with Crippen LogP contribution in [-0.4, -0.2) is 50.4 Å². The number of nitriles is 1. The third-order valence-corrected chi connectivity index (χ3v) is 3.66. The van der Waals surface area contributed by atoms with E-state index in [1.54, 1.807) is 11.7 Å². The summed E-state index contributed by atoms with van der Waals surface area (Å²) >= 11 is 1.27. The summed E-state index contributed by atoms with van der Waals surface area (Å²) in [6.45, 7) is 0.430. The Kier molecular flexibility index (Phi) is 5.29. The van der Waals surface area contributed by atoms with E-state index in [4.69, 9.17) is 5.26 Å². The minimum absolute atomic E-state index is 0.0575. The van der Waals surface area contributed by atoms with Gasteiger partial charge in [0, 0.05) is 13.6 Å². The molecule has 1 aromatic heterocycles. The van der Waals surface area contributed by atoms with E-state index in [9.17, 15) is 4.79 Å². The Morgan fingerprint density at radius 1 is 1.43 bits per heavy atom. The summed E-state index contributed by atoms with van der Waals surface area (Å²) in [5, 5.41) is 20.6. The van der Waals surface area contributed by atoms with E-state index in [1.165, 1.54) is 16.7 Å². The summed E-state index contributed by atoms with van der Waals surface area (Å²) in [5.41, 5.74) is 0.843. The van der Waals surface area contributed by atoms with Crippen LogP contribution in [-0.2, 0) is 4.79 Å². The van der Waals surface area contributed by atoms with Crippen LogP contribution in [0, 0.1) is 11.3 Å². The van der Waals surface area contributed by atoms with Crippen LogP contribution in [0.1, 0.15) is 6.42 Å². The smallest absolute Gasteiger partial charge is 0.232 e. The van der Waals surface area contributed by atoms with E-state index >= 15 is 0 Å². The molecule has 7 nitrogen and oxygen atoms in total. The highest BCUT2D eigenvalue weighted by Crippen LogP contribution is 2.18. The molecule has 2 rings (SSSR count). The Bertz CT molecular complexity index is 636. The van der Waals surface area contributed by atoms with Gasteiger partial charge in [-0.25, -0.2) is 0 Å². The molecule has 1 amide bonds. The minimum Gasteiger partial charge on any atom is -0.344 e. The van der Waals surface area contributed by atoms with E-state index in [0.717, 1.165) is 5.69 Å². The number of aromatic nitrogens is 4. The maximum absolute atomic E-state index is 11.9. The van der Waals surface area contributed by atoms with Crippen molar-refractivity contribution in [1.29, 1.82) is 5.26 Å². The molecule has 0 saturated heterocycles. The maximum atomic E-state index is 11.9. The second-order valence-corrected chi connectivity index (χ2v) is 5.16. The van der Waals surface area contributed by atoms with Crippen molar-refractivity contribution < 1.29 is 4.79 Å². The summed E-state index contributed by atoms with van der Waals surface area (Å²) in [4.78, 5) is 13.4. The summed E-state index contributed by atoms with van der Waals surface area (Å²) in [5.74, 6) is 0.174. The number of thioether (sulfide) groups is 1. The normalized spacial score (nSPS) is 10.1. The highest BCUT2D eigenvalue weighted by molar-refractivity contribution is 7.99. The molecule has 0 N–H and O–H groups in total. The molecule has 0 fully saturated rings. The standard InChI is InChI=1S/C13H14N6OS/c1-18(9-5-8-14)12(20)10-21-13-15-16-17-19(13)11-6-3-2-4-7-11/h2-4,6-7H,5,9-10H2,1H3. The van der Waals surface area contributed by atoms with Crippen molar-refractivity contribution in [3.63, 3.8) is 0 Å². The van der Waals surface area contributed by atoms with Crippen molar-refractivity contribution in [3.05, 3.63) is 30.3 Å². The fourth-order valence-corrected chi connectivity index (χ4v) is 2.41. The van der Waals surface area contributed by atoms with Crippen LogP contribution in [0.3, 0.4) is 0 Å². The minimum atomic E-state index is -0.0575. The monoisotopic (exact) mass is 302 g/mol. The molecule has 0 aliphatic rings. The Morgan fingerprint density at radius 2 is 2.19 bits per heavy atom. The Balaban J connectivity index is 1.98. The lowest BCUT2D eigenvalue weighted by Gasteiger charge is -2.14. The zero-order chi connectivity index (χ0) is 15.1. The predicted octanol–water partition coefficient (Wildman–Crippen LogP) is 1.13. The van der Waals surface area contributed by atoms with E-state index in [-0.39, 0.29) is 11.7 Å². The molecule has 2 aromatic rings. The number of carbonyl (C=O) groups is 1. The Morgan fingerprint density at radius 3 is 2.90 bits per heavy atom. The summed E-state index contributed by atoms with van der Waals surface area (Å²) in [6, 6.07) is 11.5. The fourth-order valence-electron chi connectivity index (χ4n) is 1.58. The fraction of sp³-hybridized carbons (Fsp3) is 0.308. The molecule has 0 spiro atoms. The van der Waals surface area contributed by atoms with Gasteiger partial charge in [0.15, 0.2) is 0 Å². The first-order valence-electron chi connectivity index (χ1n) is 6.30. The van der Waals surface area contributed by atoms with Crippen LogP contribution in [0.2, 0.25) is 0 Å². The van der Waals surface area contributed by atoms with E-state index in [2.05, 4.69) is 15.5 Å². The van der Waals surface area contributed by atoms with Gasteiger partial charge in [-0.3, -0.25) is 4.79 Å². The summed E-state index contributed by atoms with van der Waals surface area (Å²) in [7, 11) is 1.68. The van der Waals surface area contributed by atoms with Crippen molar-refractivity contribution in [3.8, 4) is 11.8 Å². The highest BCUT2D eigenvalue weighted by atomic mass is 32.2. The largest absolute Gasteiger partial charge is 0.344 e. The van der Waals surface area contributed by atoms with E-state index < -0.39 is 0 Å². The first-order valence-corrected chi connectivity index (χ1v) is 7.28. The van der Waals surface area contributed by atoms with Gasteiger partial charge in [-0.1, -0.05) is 30.0 Å². The van der Waals surface area contributed by atoms with Gasteiger partial charge in [-0.05, 0) is 22.6 Å². The topological polar surface area (TPSA) is 87.7 Å². The maximum Gasteiger partial charge on any atom is 0.232 e. The molecule has 8 heteroatoms. The number of hydrogen-bond donors (Lipinski definition) is 0. The molecule has 0 aliphatic heterocycles. The van der Waals surface area contributed by atoms with Crippen molar-refractivity contribution in [2.24, 2.45) is 0 Å². The second kappa shape index (κ2) is 7.40. The second-order valence-electron chi connectivity index (χ2n) is 4.22. The van der Waals surface area contributed by atoms with Crippen LogP contribution in [0.25, 0.3) is 5.69 Å². The van der Waals surface area contributed by atoms with Gasteiger partial charge >= 0.3 is 0 Å². The van der Waals surface area contributed by atoms with E-state index in [1.807, 2.05) is 36.4 Å². The number of amides is 1. The van der Waals surface area contributed by atoms with Crippen LogP contribution in [0.4, 0.5) is 0 Å². The van der Waals surface area contributed by atoms with Gasteiger partial charge in [0.25, 0.3) is 0 Å². The first-order chi connectivity index (χ1) is 10.2. The number of tetrazole rings is 1. The zero-order valence-electron chi connectivity index (χ0n) is 11.5. The number of para-hydroxylation sites is 1. The van der Waals surface area contributed by atoms with Crippen LogP contribution >= 0.6 is 11.8 Å². The zero-order valence-corrected chi connectivity index (χ0v) is 12.3. The average Bonchev–Trinajstić information content (AvgIpc) is 2.99. The summed E-state index contributed by atoms with van der Waals surface area (Å²) < 4.78 is 1.59. The van der Waals surface area contributed by atoms with Gasteiger partial charge in [-0.15, -0.1) is 5.10 Å². The molecule has 0 atom stereocenters. The molecule has 0 bridgehead atoms. The van der Waals surface area contributed by atoms with Crippen molar-refractivity contribution in [2.75, 3.05) is 19.3 Å². The number of hydrogen-bond acceptors (Lipinski definition) is 6. The van der Waals surface area contributed by atoms with Crippen LogP contribution in [0.15, 0.2) is 35.5 Å². The number of benzene rings is 1. The van der Waals surface area contributed by atoms with Gasteiger partial charge in [-0.2, -0.15) is 9.94 Å². The van der Waals surface area contributed by atoms with Gasteiger partial charge in [0.1, 0.15) is 0 Å². The van der Waals surface area contributed by atoms with Crippen LogP contribution in [0.5, 0.6) is 0 Å². The van der Waals surface area contributed by atoms with Crippen molar-refractivity contribution in [1.82, 2.24) is 25.1 Å². The van der Waals surface area contributed by atoms with E-state index in [0.29, 0.717) is 18.1 Å². The quantitative estimate of drug-likeness (QED) is 0.743. The number of nitrogens with zero attached hydrogens (tertiary/aromatic N) is 6. The highest BCUT2D eigenvalue weighted by Gasteiger charge is 2.13. The third-order valence-electron chi connectivity index (χ3n) is 2.75. The SMILES string of the molecule is CN(CCC#N)C(=O)CSc1nnnn1-c1ccccc1. The number of rotatable bonds is 6. The van der Waals surface area contributed by atoms with Gasteiger partial charge < -0.3 is 4.90 Å². The lowest BCUT2D eigenvalue weighted by atomic mass is 10.3. The Labute approximate surface area is 126 Å². The lowest BCUT2D eigenvalue weighted by molar-refractivity contribution is -0.127. The molecule has 0 radical (unpaired) electrons. The molecule has 1 aromatic carbocycles. The third kappa shape index (κ3) is 4.03. The molecule has 1 heterocycles. The molecular formula is C13H14N6OS. The van der Waals surface area contributed by atoms with Gasteiger partial charge in [0.05, 0.1) is 23.9 Å². The molecule has 21 heavy (non-hydrogen) atoms. The molecule has 0 saturated carbocycles. The summed E-state index contributed by atoms with van der Waals surface area (Å²) in [6.07, 6.45) is 0.328. The van der Waals surface area contributed by atoms with Gasteiger partial charge in [0.2, 0.25) is 11.1 Å². The predicted molar refractivity (Wildman–Crippen MR) is 77.7 cm³/mol. The Hall–Kier alpha value is -2.40. The average molecular weight is 302 g/mol. The molecule has 0 aliphatic carbocycles. The van der Waals surface area contributed by atoms with Crippen molar-refractivity contribution in [2.45, 2.75) is 11.6 Å². The molecule has 108 valence electrons. The first kappa shape index (κ1) is 15.0. The molecular weight excluding hydrogens is 288 g/mol. The van der Waals surface area contributed by atoms with Crippen molar-refractivity contribution >= 4 is 17.7 Å². The lowest BCUT2D eigenvalue weighted by Crippen LogP contribution is -2.29.